The Morgan fingerprint density at radius 3 is 2.00 bits per heavy atom. The van der Waals surface area contributed by atoms with Gasteiger partial charge in [0.1, 0.15) is 19.8 Å². The summed E-state index contributed by atoms with van der Waals surface area (Å²) in [6.07, 6.45) is 0. The fraction of sp³-hybridized carbons (Fsp3) is 0.875. The first-order valence-corrected chi connectivity index (χ1v) is 4.22. The number of nitrogens with two attached hydrogens (primary N) is 1. The second-order valence-electron chi connectivity index (χ2n) is 2.57. The molecule has 77 valence electrons. The van der Waals surface area contributed by atoms with Gasteiger partial charge in [-0.05, 0) is 0 Å². The van der Waals surface area contributed by atoms with Crippen LogP contribution in [0.5, 0.6) is 0 Å². The molecule has 0 aromatic carbocycles. The van der Waals surface area contributed by atoms with Crippen molar-refractivity contribution >= 4 is 5.91 Å². The lowest BCUT2D eigenvalue weighted by atomic mass is 10.4. The zero-order valence-electron chi connectivity index (χ0n) is 8.28. The summed E-state index contributed by atoms with van der Waals surface area (Å²) in [6, 6.07) is 0. The van der Waals surface area contributed by atoms with E-state index in [9.17, 15) is 4.79 Å². The second kappa shape index (κ2) is 8.12. The Kier molecular flexibility index (Phi) is 7.82. The number of amides is 1. The number of nitrogens with zero attached hydrogens (tertiary/aromatic N) is 1. The monoisotopic (exact) mass is 190 g/mol. The Morgan fingerprint density at radius 1 is 1.23 bits per heavy atom. The summed E-state index contributed by atoms with van der Waals surface area (Å²) in [7, 11) is 3.20. The van der Waals surface area contributed by atoms with Crippen molar-refractivity contribution in [1.82, 2.24) is 4.90 Å². The summed E-state index contributed by atoms with van der Waals surface area (Å²) in [4.78, 5) is 12.8. The molecule has 0 aliphatic heterocycles. The van der Waals surface area contributed by atoms with Crippen LogP contribution in [0.3, 0.4) is 0 Å². The molecule has 0 heterocycles. The first-order chi connectivity index (χ1) is 6.26. The van der Waals surface area contributed by atoms with E-state index in [-0.39, 0.29) is 12.5 Å². The number of methoxy groups -OCH3 is 2. The van der Waals surface area contributed by atoms with E-state index in [1.165, 1.54) is 0 Å². The molecule has 0 saturated heterocycles. The van der Waals surface area contributed by atoms with Crippen molar-refractivity contribution in [3.8, 4) is 0 Å². The van der Waals surface area contributed by atoms with Crippen LogP contribution >= 0.6 is 0 Å². The normalized spacial score (nSPS) is 10.8. The Balaban J connectivity index is 3.79. The number of hydrogen-bond donors (Lipinski definition) is 1. The fourth-order valence-corrected chi connectivity index (χ4v) is 0.893. The molecule has 0 aliphatic carbocycles. The number of rotatable bonds is 7. The SMILES string of the molecule is COCC[N+](CCOC)C(=O)CN. The average Bonchev–Trinajstić information content (AvgIpc) is 2.17. The van der Waals surface area contributed by atoms with Crippen LogP contribution in [-0.2, 0) is 14.3 Å². The lowest BCUT2D eigenvalue weighted by Crippen LogP contribution is -2.45. The second-order valence-corrected chi connectivity index (χ2v) is 2.57. The summed E-state index contributed by atoms with van der Waals surface area (Å²) < 4.78 is 9.74. The first kappa shape index (κ1) is 12.5. The van der Waals surface area contributed by atoms with Crippen molar-refractivity contribution in [2.45, 2.75) is 0 Å². The summed E-state index contributed by atoms with van der Waals surface area (Å²) in [5.41, 5.74) is 5.24. The van der Waals surface area contributed by atoms with Crippen LogP contribution in [0.25, 0.3) is 0 Å². The summed E-state index contributed by atoms with van der Waals surface area (Å²) in [6.45, 7) is 2.21. The van der Waals surface area contributed by atoms with E-state index < -0.39 is 0 Å². The smallest absolute Gasteiger partial charge is 0.374 e. The quantitative estimate of drug-likeness (QED) is 0.518. The van der Waals surface area contributed by atoms with Gasteiger partial charge in [0.05, 0.1) is 0 Å². The molecular formula is C8H18N2O3+. The van der Waals surface area contributed by atoms with Crippen LogP contribution in [-0.4, -0.2) is 53.0 Å². The van der Waals surface area contributed by atoms with Crippen LogP contribution < -0.4 is 10.6 Å². The van der Waals surface area contributed by atoms with Crippen molar-refractivity contribution in [2.24, 2.45) is 5.73 Å². The van der Waals surface area contributed by atoms with Gasteiger partial charge in [-0.3, -0.25) is 0 Å². The zero-order chi connectivity index (χ0) is 10.1. The predicted octanol–water partition coefficient (Wildman–Crippen LogP) is -1.10. The van der Waals surface area contributed by atoms with Crippen molar-refractivity contribution < 1.29 is 14.3 Å². The molecule has 0 aliphatic rings. The summed E-state index contributed by atoms with van der Waals surface area (Å²) in [5.74, 6) is -0.0749. The van der Waals surface area contributed by atoms with Crippen LogP contribution in [0.2, 0.25) is 0 Å². The maximum absolute atomic E-state index is 11.2. The average molecular weight is 190 g/mol. The zero-order valence-corrected chi connectivity index (χ0v) is 8.28. The lowest BCUT2D eigenvalue weighted by Gasteiger charge is -2.07. The third kappa shape index (κ3) is 5.70. The molecule has 1 radical (unpaired) electrons. The van der Waals surface area contributed by atoms with Gasteiger partial charge in [-0.2, -0.15) is 0 Å². The fourth-order valence-electron chi connectivity index (χ4n) is 0.893. The third-order valence-corrected chi connectivity index (χ3v) is 1.66. The van der Waals surface area contributed by atoms with Crippen LogP contribution in [0.1, 0.15) is 0 Å². The highest BCUT2D eigenvalue weighted by atomic mass is 16.5. The van der Waals surface area contributed by atoms with Crippen molar-refractivity contribution in [1.29, 1.82) is 0 Å². The first-order valence-electron chi connectivity index (χ1n) is 4.22. The minimum absolute atomic E-state index is 0.0351. The Bertz CT molecular complexity index is 133. The molecule has 0 aromatic heterocycles. The molecule has 0 saturated carbocycles. The van der Waals surface area contributed by atoms with Gasteiger partial charge in [0.2, 0.25) is 0 Å². The predicted molar refractivity (Wildman–Crippen MR) is 49.7 cm³/mol. The number of ether oxygens (including phenoxy) is 2. The van der Waals surface area contributed by atoms with Crippen LogP contribution in [0.15, 0.2) is 0 Å². The van der Waals surface area contributed by atoms with Crippen LogP contribution in [0.4, 0.5) is 0 Å². The van der Waals surface area contributed by atoms with E-state index in [1.807, 2.05) is 0 Å². The van der Waals surface area contributed by atoms with Gasteiger partial charge in [-0.25, -0.2) is 4.79 Å². The third-order valence-electron chi connectivity index (χ3n) is 1.66. The molecule has 1 amide bonds. The molecular weight excluding hydrogens is 172 g/mol. The number of carbonyl (C=O) groups is 1. The lowest BCUT2D eigenvalue weighted by molar-refractivity contribution is -0.125. The molecule has 2 N–H and O–H groups in total. The molecule has 0 spiro atoms. The molecule has 0 aromatic rings. The molecule has 0 atom stereocenters. The largest absolute Gasteiger partial charge is 0.379 e. The Labute approximate surface area is 78.8 Å². The van der Waals surface area contributed by atoms with Crippen molar-refractivity contribution in [2.75, 3.05) is 47.1 Å². The van der Waals surface area contributed by atoms with Gasteiger partial charge >= 0.3 is 5.91 Å². The standard InChI is InChI=1S/C8H18N2O3/c1-12-5-3-10(4-6-13-2)8(11)7-9/h3-7,9H2,1-2H3/q+1. The van der Waals surface area contributed by atoms with Crippen molar-refractivity contribution in [3.05, 3.63) is 0 Å². The molecule has 5 heteroatoms. The number of hydrogen-bond acceptors (Lipinski definition) is 4. The van der Waals surface area contributed by atoms with Gasteiger partial charge in [0, 0.05) is 14.2 Å². The maximum Gasteiger partial charge on any atom is 0.374 e. The Morgan fingerprint density at radius 2 is 1.69 bits per heavy atom. The molecule has 0 fully saturated rings. The molecule has 0 rings (SSSR count). The van der Waals surface area contributed by atoms with E-state index in [0.29, 0.717) is 26.3 Å². The minimum atomic E-state index is -0.0749. The van der Waals surface area contributed by atoms with Gasteiger partial charge < -0.3 is 15.2 Å². The van der Waals surface area contributed by atoms with Crippen LogP contribution in [0, 0.1) is 0 Å². The van der Waals surface area contributed by atoms with Gasteiger partial charge in [-0.1, -0.05) is 4.90 Å². The molecule has 13 heavy (non-hydrogen) atoms. The van der Waals surface area contributed by atoms with Gasteiger partial charge in [0.15, 0.2) is 13.1 Å². The van der Waals surface area contributed by atoms with Crippen molar-refractivity contribution in [3.63, 3.8) is 0 Å². The maximum atomic E-state index is 11.2. The summed E-state index contributed by atoms with van der Waals surface area (Å²) in [5, 5.41) is 0. The highest BCUT2D eigenvalue weighted by molar-refractivity contribution is 5.80. The topological polar surface area (TPSA) is 67.5 Å². The highest BCUT2D eigenvalue weighted by Gasteiger charge is 2.23. The molecule has 5 nitrogen and oxygen atoms in total. The van der Waals surface area contributed by atoms with E-state index >= 15 is 0 Å². The Hall–Kier alpha value is -0.490. The van der Waals surface area contributed by atoms with E-state index in [0.717, 1.165) is 0 Å². The minimum Gasteiger partial charge on any atom is -0.379 e. The molecule has 0 unspecified atom stereocenters. The summed E-state index contributed by atoms with van der Waals surface area (Å²) >= 11 is 0. The van der Waals surface area contributed by atoms with Gasteiger partial charge in [0.25, 0.3) is 0 Å². The number of carbonyl (C=O) groups excluding carboxylic acids is 1. The molecule has 0 bridgehead atoms. The van der Waals surface area contributed by atoms with E-state index in [4.69, 9.17) is 15.2 Å². The highest BCUT2D eigenvalue weighted by Crippen LogP contribution is 1.85. The van der Waals surface area contributed by atoms with Gasteiger partial charge in [-0.15, -0.1) is 0 Å². The van der Waals surface area contributed by atoms with E-state index in [1.54, 1.807) is 19.1 Å². The van der Waals surface area contributed by atoms with E-state index in [2.05, 4.69) is 0 Å².